The molecule has 0 aliphatic rings. The quantitative estimate of drug-likeness (QED) is 0.0262. The Kier molecular flexibility index (Phi) is 52.9. The Morgan fingerprint density at radius 3 is 1.00 bits per heavy atom. The highest BCUT2D eigenvalue weighted by atomic mass is 16.6. The number of carbonyl (C=O) groups excluding carboxylic acids is 3. The first-order chi connectivity index (χ1) is 33.5. The molecule has 0 aromatic rings. The average Bonchev–Trinajstić information content (AvgIpc) is 3.34. The summed E-state index contributed by atoms with van der Waals surface area (Å²) in [5, 5.41) is 0. The van der Waals surface area contributed by atoms with Crippen molar-refractivity contribution in [1.29, 1.82) is 0 Å². The van der Waals surface area contributed by atoms with Crippen LogP contribution in [-0.2, 0) is 28.6 Å². The maximum atomic E-state index is 12.8. The van der Waals surface area contributed by atoms with Crippen LogP contribution < -0.4 is 0 Å². The van der Waals surface area contributed by atoms with Gasteiger partial charge in [0.1, 0.15) is 13.2 Å². The predicted molar refractivity (Wildman–Crippen MR) is 293 cm³/mol. The molecule has 0 fully saturated rings. The van der Waals surface area contributed by atoms with Crippen LogP contribution in [0.5, 0.6) is 0 Å². The minimum Gasteiger partial charge on any atom is -0.462 e. The van der Waals surface area contributed by atoms with Crippen molar-refractivity contribution in [2.75, 3.05) is 13.2 Å². The molecule has 0 bridgehead atoms. The van der Waals surface area contributed by atoms with E-state index in [0.29, 0.717) is 19.3 Å². The molecule has 0 saturated heterocycles. The molecule has 6 nitrogen and oxygen atoms in total. The Balaban J connectivity index is 4.52. The van der Waals surface area contributed by atoms with E-state index in [1.165, 1.54) is 109 Å². The van der Waals surface area contributed by atoms with E-state index in [1.54, 1.807) is 0 Å². The first-order valence-corrected chi connectivity index (χ1v) is 28.2. The van der Waals surface area contributed by atoms with Crippen molar-refractivity contribution in [2.45, 2.75) is 264 Å². The summed E-state index contributed by atoms with van der Waals surface area (Å²) in [6, 6.07) is 0. The standard InChI is InChI=1S/C62H104O6/c1-4-7-10-13-16-19-22-25-27-29-31-33-34-37-40-43-46-49-52-55-61(64)67-58-59(57-66-60(63)54-51-48-45-42-39-36-24-21-18-15-12-9-6-3)68-62(65)56-53-50-47-44-41-38-35-32-30-28-26-23-20-17-14-11-8-5-2/h7,10,16,19,25,27,31-33,35-37,39-40,46,49,59H,4-6,8-9,11-15,17-18,20-24,26,28-30,34,38,41-45,47-48,50-58H2,1-3H3/b10-7-,19-16-,27-25-,33-31-,35-32-,39-36-,40-37-,49-46-. The van der Waals surface area contributed by atoms with Gasteiger partial charge in [-0.1, -0.05) is 227 Å². The summed E-state index contributed by atoms with van der Waals surface area (Å²) in [7, 11) is 0. The smallest absolute Gasteiger partial charge is 0.306 e. The molecule has 0 aliphatic heterocycles. The number of allylic oxidation sites excluding steroid dienone is 16. The van der Waals surface area contributed by atoms with Crippen molar-refractivity contribution < 1.29 is 28.6 Å². The first-order valence-electron chi connectivity index (χ1n) is 28.2. The zero-order chi connectivity index (χ0) is 49.3. The lowest BCUT2D eigenvalue weighted by molar-refractivity contribution is -0.166. The van der Waals surface area contributed by atoms with Crippen molar-refractivity contribution in [3.05, 3.63) is 97.2 Å². The Morgan fingerprint density at radius 2 is 0.603 bits per heavy atom. The summed E-state index contributed by atoms with van der Waals surface area (Å²) in [5.41, 5.74) is 0. The number of unbranched alkanes of at least 4 members (excludes halogenated alkanes) is 23. The third kappa shape index (κ3) is 53.3. The van der Waals surface area contributed by atoms with Gasteiger partial charge in [-0.05, 0) is 109 Å². The summed E-state index contributed by atoms with van der Waals surface area (Å²) in [4.78, 5) is 38.1. The van der Waals surface area contributed by atoms with E-state index in [9.17, 15) is 14.4 Å². The van der Waals surface area contributed by atoms with Gasteiger partial charge < -0.3 is 14.2 Å². The molecule has 0 heterocycles. The number of ether oxygens (including phenoxy) is 3. The number of carbonyl (C=O) groups is 3. The van der Waals surface area contributed by atoms with E-state index in [4.69, 9.17) is 14.2 Å². The molecule has 6 heteroatoms. The molecular formula is C62H104O6. The summed E-state index contributed by atoms with van der Waals surface area (Å²) in [6.45, 7) is 6.44. The molecule has 0 spiro atoms. The van der Waals surface area contributed by atoms with Gasteiger partial charge in [0.2, 0.25) is 0 Å². The van der Waals surface area contributed by atoms with Gasteiger partial charge in [0, 0.05) is 19.3 Å². The van der Waals surface area contributed by atoms with Crippen molar-refractivity contribution in [3.8, 4) is 0 Å². The third-order valence-electron chi connectivity index (χ3n) is 11.8. The first kappa shape index (κ1) is 64.3. The zero-order valence-corrected chi connectivity index (χ0v) is 44.3. The van der Waals surface area contributed by atoms with Crippen LogP contribution in [-0.4, -0.2) is 37.2 Å². The maximum absolute atomic E-state index is 12.8. The SMILES string of the molecule is CC/C=C\C/C=C\C/C=C\C/C=C\C/C=C\C/C=C\CCC(=O)OCC(COC(=O)CCCCC/C=C\CCCCCCCC)OC(=O)CCCCCCC/C=C\CCCCCCCCCCC. The van der Waals surface area contributed by atoms with Gasteiger partial charge in [0.25, 0.3) is 0 Å². The fourth-order valence-electron chi connectivity index (χ4n) is 7.57. The van der Waals surface area contributed by atoms with E-state index < -0.39 is 6.10 Å². The van der Waals surface area contributed by atoms with Crippen LogP contribution in [0, 0.1) is 0 Å². The van der Waals surface area contributed by atoms with Crippen molar-refractivity contribution in [2.24, 2.45) is 0 Å². The minimum absolute atomic E-state index is 0.112. The Hall–Kier alpha value is -3.67. The molecule has 0 radical (unpaired) electrons. The summed E-state index contributed by atoms with van der Waals surface area (Å²) >= 11 is 0. The second kappa shape index (κ2) is 55.9. The van der Waals surface area contributed by atoms with E-state index in [2.05, 4.69) is 112 Å². The summed E-state index contributed by atoms with van der Waals surface area (Å²) in [5.74, 6) is -1.02. The second-order valence-electron chi connectivity index (χ2n) is 18.5. The van der Waals surface area contributed by atoms with Gasteiger partial charge in [-0.15, -0.1) is 0 Å². The van der Waals surface area contributed by atoms with Gasteiger partial charge >= 0.3 is 17.9 Å². The number of esters is 3. The highest BCUT2D eigenvalue weighted by Crippen LogP contribution is 2.14. The summed E-state index contributed by atoms with van der Waals surface area (Å²) < 4.78 is 16.8. The molecule has 0 amide bonds. The molecule has 68 heavy (non-hydrogen) atoms. The number of rotatable bonds is 50. The second-order valence-corrected chi connectivity index (χ2v) is 18.5. The molecule has 0 aromatic carbocycles. The lowest BCUT2D eigenvalue weighted by Crippen LogP contribution is -2.30. The fourth-order valence-corrected chi connectivity index (χ4v) is 7.57. The molecule has 0 rings (SSSR count). The fraction of sp³-hybridized carbons (Fsp3) is 0.694. The van der Waals surface area contributed by atoms with E-state index in [1.807, 2.05) is 6.08 Å². The normalized spacial score (nSPS) is 12.8. The van der Waals surface area contributed by atoms with Crippen LogP contribution >= 0.6 is 0 Å². The van der Waals surface area contributed by atoms with Crippen LogP contribution in [0.3, 0.4) is 0 Å². The van der Waals surface area contributed by atoms with Crippen molar-refractivity contribution in [3.63, 3.8) is 0 Å². The highest BCUT2D eigenvalue weighted by molar-refractivity contribution is 5.71. The van der Waals surface area contributed by atoms with Gasteiger partial charge in [-0.3, -0.25) is 14.4 Å². The largest absolute Gasteiger partial charge is 0.462 e. The highest BCUT2D eigenvalue weighted by Gasteiger charge is 2.19. The van der Waals surface area contributed by atoms with Gasteiger partial charge in [-0.25, -0.2) is 0 Å². The van der Waals surface area contributed by atoms with Crippen LogP contribution in [0.15, 0.2) is 97.2 Å². The lowest BCUT2D eigenvalue weighted by atomic mass is 10.1. The molecule has 0 saturated carbocycles. The van der Waals surface area contributed by atoms with Crippen LogP contribution in [0.4, 0.5) is 0 Å². The van der Waals surface area contributed by atoms with Gasteiger partial charge in [0.15, 0.2) is 6.10 Å². The van der Waals surface area contributed by atoms with Crippen molar-refractivity contribution in [1.82, 2.24) is 0 Å². The molecular weight excluding hydrogens is 841 g/mol. The topological polar surface area (TPSA) is 78.9 Å². The Morgan fingerprint density at radius 1 is 0.309 bits per heavy atom. The molecule has 0 aliphatic carbocycles. The predicted octanol–water partition coefficient (Wildman–Crippen LogP) is 18.9. The zero-order valence-electron chi connectivity index (χ0n) is 44.3. The molecule has 1 atom stereocenters. The Bertz CT molecular complexity index is 1360. The molecule has 0 aromatic heterocycles. The number of hydrogen-bond acceptors (Lipinski definition) is 6. The van der Waals surface area contributed by atoms with E-state index in [-0.39, 0.29) is 37.5 Å². The third-order valence-corrected chi connectivity index (χ3v) is 11.8. The molecule has 388 valence electrons. The van der Waals surface area contributed by atoms with Gasteiger partial charge in [-0.2, -0.15) is 0 Å². The average molecular weight is 946 g/mol. The van der Waals surface area contributed by atoms with E-state index >= 15 is 0 Å². The van der Waals surface area contributed by atoms with Crippen LogP contribution in [0.25, 0.3) is 0 Å². The van der Waals surface area contributed by atoms with Crippen LogP contribution in [0.1, 0.15) is 258 Å². The minimum atomic E-state index is -0.819. The maximum Gasteiger partial charge on any atom is 0.306 e. The molecule has 0 N–H and O–H groups in total. The Labute approximate surface area is 419 Å². The van der Waals surface area contributed by atoms with Crippen LogP contribution in [0.2, 0.25) is 0 Å². The van der Waals surface area contributed by atoms with Crippen molar-refractivity contribution >= 4 is 17.9 Å². The van der Waals surface area contributed by atoms with Gasteiger partial charge in [0.05, 0.1) is 0 Å². The number of hydrogen-bond donors (Lipinski definition) is 0. The molecule has 1 unspecified atom stereocenters. The summed E-state index contributed by atoms with van der Waals surface area (Å²) in [6.07, 6.45) is 74.1. The van der Waals surface area contributed by atoms with E-state index in [0.717, 1.165) is 103 Å². The monoisotopic (exact) mass is 945 g/mol. The lowest BCUT2D eigenvalue weighted by Gasteiger charge is -2.18.